The van der Waals surface area contributed by atoms with Crippen molar-refractivity contribution >= 4 is 11.9 Å². The van der Waals surface area contributed by atoms with Gasteiger partial charge in [-0.05, 0) is 30.4 Å². The lowest BCUT2D eigenvalue weighted by Crippen LogP contribution is -2.45. The van der Waals surface area contributed by atoms with E-state index in [4.69, 9.17) is 4.74 Å². The van der Waals surface area contributed by atoms with Crippen LogP contribution in [0.5, 0.6) is 5.75 Å². The molecule has 0 heterocycles. The second-order valence-electron chi connectivity index (χ2n) is 6.03. The zero-order valence-electron chi connectivity index (χ0n) is 13.0. The predicted molar refractivity (Wildman–Crippen MR) is 82.5 cm³/mol. The second-order valence-corrected chi connectivity index (χ2v) is 6.03. The fourth-order valence-electron chi connectivity index (χ4n) is 2.89. The highest BCUT2D eigenvalue weighted by Gasteiger charge is 2.28. The topological polar surface area (TPSA) is 75.6 Å². The monoisotopic (exact) mass is 305 g/mol. The van der Waals surface area contributed by atoms with E-state index in [1.54, 1.807) is 12.1 Å². The van der Waals surface area contributed by atoms with Crippen LogP contribution in [0.2, 0.25) is 0 Å². The first-order chi connectivity index (χ1) is 10.5. The number of amides is 1. The highest BCUT2D eigenvalue weighted by molar-refractivity contribution is 5.93. The number of phenols is 1. The van der Waals surface area contributed by atoms with Gasteiger partial charge in [-0.15, -0.1) is 0 Å². The molecule has 1 aliphatic carbocycles. The van der Waals surface area contributed by atoms with Crippen molar-refractivity contribution < 1.29 is 19.4 Å². The van der Waals surface area contributed by atoms with E-state index in [0.29, 0.717) is 11.8 Å². The van der Waals surface area contributed by atoms with E-state index in [9.17, 15) is 14.7 Å². The van der Waals surface area contributed by atoms with E-state index in [2.05, 4.69) is 19.2 Å². The highest BCUT2D eigenvalue weighted by Crippen LogP contribution is 2.29. The van der Waals surface area contributed by atoms with Crippen molar-refractivity contribution in [3.05, 3.63) is 29.8 Å². The van der Waals surface area contributed by atoms with Crippen molar-refractivity contribution in [2.24, 2.45) is 11.8 Å². The van der Waals surface area contributed by atoms with Crippen molar-refractivity contribution in [3.63, 3.8) is 0 Å². The Bertz CT molecular complexity index is 543. The van der Waals surface area contributed by atoms with Crippen LogP contribution < -0.4 is 5.32 Å². The van der Waals surface area contributed by atoms with Crippen molar-refractivity contribution in [2.45, 2.75) is 39.2 Å². The molecule has 5 heteroatoms. The fraction of sp³-hybridized carbons (Fsp3) is 0.529. The largest absolute Gasteiger partial charge is 0.507 e. The molecule has 2 N–H and O–H groups in total. The van der Waals surface area contributed by atoms with Gasteiger partial charge in [0.2, 0.25) is 0 Å². The number of hydrogen-bond acceptors (Lipinski definition) is 4. The molecule has 5 nitrogen and oxygen atoms in total. The molecule has 0 aromatic heterocycles. The average Bonchev–Trinajstić information content (AvgIpc) is 2.50. The Morgan fingerprint density at radius 2 is 2.00 bits per heavy atom. The minimum Gasteiger partial charge on any atom is -0.507 e. The molecule has 3 atom stereocenters. The van der Waals surface area contributed by atoms with Crippen LogP contribution >= 0.6 is 0 Å². The van der Waals surface area contributed by atoms with Crippen molar-refractivity contribution in [2.75, 3.05) is 6.61 Å². The molecule has 0 radical (unpaired) electrons. The number of rotatable bonds is 4. The fourth-order valence-corrected chi connectivity index (χ4v) is 2.89. The lowest BCUT2D eigenvalue weighted by atomic mass is 9.78. The quantitative estimate of drug-likeness (QED) is 0.838. The maximum atomic E-state index is 11.9. The number of esters is 1. The molecular weight excluding hydrogens is 282 g/mol. The summed E-state index contributed by atoms with van der Waals surface area (Å²) in [7, 11) is 0. The Labute approximate surface area is 130 Å². The van der Waals surface area contributed by atoms with Crippen molar-refractivity contribution in [3.8, 4) is 5.75 Å². The summed E-state index contributed by atoms with van der Waals surface area (Å²) in [6.45, 7) is 4.01. The zero-order chi connectivity index (χ0) is 16.1. The summed E-state index contributed by atoms with van der Waals surface area (Å²) in [6, 6.07) is 6.24. The smallest absolute Gasteiger partial charge is 0.342 e. The van der Waals surface area contributed by atoms with Gasteiger partial charge in [0.25, 0.3) is 5.91 Å². The van der Waals surface area contributed by atoms with E-state index in [-0.39, 0.29) is 29.9 Å². The summed E-state index contributed by atoms with van der Waals surface area (Å²) in [5.41, 5.74) is 0.0648. The highest BCUT2D eigenvalue weighted by atomic mass is 16.5. The van der Waals surface area contributed by atoms with Gasteiger partial charge < -0.3 is 15.2 Å². The van der Waals surface area contributed by atoms with Gasteiger partial charge in [-0.25, -0.2) is 4.79 Å². The summed E-state index contributed by atoms with van der Waals surface area (Å²) in [4.78, 5) is 23.7. The van der Waals surface area contributed by atoms with Crippen LogP contribution in [0.3, 0.4) is 0 Å². The number of nitrogens with one attached hydrogen (secondary N) is 1. The molecule has 0 unspecified atom stereocenters. The van der Waals surface area contributed by atoms with Crippen LogP contribution in [0, 0.1) is 11.8 Å². The Balaban J connectivity index is 1.83. The zero-order valence-corrected chi connectivity index (χ0v) is 13.0. The summed E-state index contributed by atoms with van der Waals surface area (Å²) < 4.78 is 4.96. The van der Waals surface area contributed by atoms with Gasteiger partial charge in [-0.2, -0.15) is 0 Å². The van der Waals surface area contributed by atoms with Gasteiger partial charge >= 0.3 is 5.97 Å². The maximum Gasteiger partial charge on any atom is 0.342 e. The van der Waals surface area contributed by atoms with E-state index in [1.807, 2.05) is 0 Å². The number of carbonyl (C=O) groups is 2. The number of aromatic hydroxyl groups is 1. The summed E-state index contributed by atoms with van der Waals surface area (Å²) in [5, 5.41) is 12.5. The summed E-state index contributed by atoms with van der Waals surface area (Å²) in [6.07, 6.45) is 3.26. The first-order valence-corrected chi connectivity index (χ1v) is 7.73. The molecule has 1 saturated carbocycles. The number of hydrogen-bond donors (Lipinski definition) is 2. The molecule has 0 spiro atoms. The van der Waals surface area contributed by atoms with Gasteiger partial charge in [0.15, 0.2) is 6.61 Å². The molecule has 1 aromatic rings. The van der Waals surface area contributed by atoms with Crippen molar-refractivity contribution in [1.29, 1.82) is 0 Å². The third-order valence-corrected chi connectivity index (χ3v) is 4.51. The van der Waals surface area contributed by atoms with Crippen LogP contribution in [-0.2, 0) is 9.53 Å². The third-order valence-electron chi connectivity index (χ3n) is 4.51. The lowest BCUT2D eigenvalue weighted by molar-refractivity contribution is -0.125. The molecule has 0 saturated heterocycles. The van der Waals surface area contributed by atoms with Crippen LogP contribution in [0.15, 0.2) is 24.3 Å². The molecule has 0 aliphatic heterocycles. The molecule has 0 bridgehead atoms. The number of phenolic OH excluding ortho intramolecular Hbond substituents is 1. The van der Waals surface area contributed by atoms with Crippen LogP contribution in [0.1, 0.15) is 43.5 Å². The minimum atomic E-state index is -0.696. The molecule has 1 amide bonds. The number of carbonyl (C=O) groups excluding carboxylic acids is 2. The Morgan fingerprint density at radius 1 is 1.27 bits per heavy atom. The minimum absolute atomic E-state index is 0.0648. The lowest BCUT2D eigenvalue weighted by Gasteiger charge is -2.34. The first-order valence-electron chi connectivity index (χ1n) is 7.73. The van der Waals surface area contributed by atoms with Gasteiger partial charge in [-0.3, -0.25) is 4.79 Å². The maximum absolute atomic E-state index is 11.9. The summed E-state index contributed by atoms with van der Waals surface area (Å²) in [5.74, 6) is -0.134. The molecule has 22 heavy (non-hydrogen) atoms. The number of ether oxygens (including phenoxy) is 1. The van der Waals surface area contributed by atoms with Crippen molar-refractivity contribution in [1.82, 2.24) is 5.32 Å². The third kappa shape index (κ3) is 4.00. The van der Waals surface area contributed by atoms with Gasteiger partial charge in [0, 0.05) is 6.04 Å². The number of benzene rings is 1. The predicted octanol–water partition coefficient (Wildman–Crippen LogP) is 2.49. The van der Waals surface area contributed by atoms with E-state index < -0.39 is 5.97 Å². The Kier molecular flexibility index (Phi) is 5.41. The molecule has 1 aromatic carbocycles. The Hall–Kier alpha value is -2.04. The number of para-hydroxylation sites is 1. The second kappa shape index (κ2) is 7.29. The van der Waals surface area contributed by atoms with E-state index >= 15 is 0 Å². The van der Waals surface area contributed by atoms with Gasteiger partial charge in [-0.1, -0.05) is 38.8 Å². The van der Waals surface area contributed by atoms with Gasteiger partial charge in [0.1, 0.15) is 11.3 Å². The molecular formula is C17H23NO4. The average molecular weight is 305 g/mol. The van der Waals surface area contributed by atoms with Crippen LogP contribution in [-0.4, -0.2) is 29.6 Å². The standard InChI is InChI=1S/C17H23NO4/c1-11-6-5-8-14(12(11)2)18-16(20)10-22-17(21)13-7-3-4-9-15(13)19/h3-4,7,9,11-12,14,19H,5-6,8,10H2,1-2H3,(H,18,20)/t11-,12-,14+/m1/s1. The molecule has 1 aliphatic rings. The first kappa shape index (κ1) is 16.3. The van der Waals surface area contributed by atoms with Crippen LogP contribution in [0.4, 0.5) is 0 Å². The van der Waals surface area contributed by atoms with Gasteiger partial charge in [0.05, 0.1) is 0 Å². The van der Waals surface area contributed by atoms with E-state index in [0.717, 1.165) is 12.8 Å². The SMILES string of the molecule is C[C@@H]1[C@H](C)CCC[C@@H]1NC(=O)COC(=O)c1ccccc1O. The summed E-state index contributed by atoms with van der Waals surface area (Å²) >= 11 is 0. The van der Waals surface area contributed by atoms with E-state index in [1.165, 1.54) is 18.6 Å². The molecule has 2 rings (SSSR count). The molecule has 120 valence electrons. The van der Waals surface area contributed by atoms with Crippen LogP contribution in [0.25, 0.3) is 0 Å². The Morgan fingerprint density at radius 3 is 2.73 bits per heavy atom. The normalized spacial score (nSPS) is 24.5. The molecule has 1 fully saturated rings.